The van der Waals surface area contributed by atoms with E-state index in [1.54, 1.807) is 0 Å². The Kier molecular flexibility index (Phi) is 3.90. The van der Waals surface area contributed by atoms with Crippen molar-refractivity contribution in [1.82, 2.24) is 0 Å². The highest BCUT2D eigenvalue weighted by molar-refractivity contribution is 6.10. The predicted octanol–water partition coefficient (Wildman–Crippen LogP) is 7.38. The predicted molar refractivity (Wildman–Crippen MR) is 117 cm³/mol. The molecule has 1 aliphatic carbocycles. The lowest BCUT2D eigenvalue weighted by atomic mass is 9.78. The highest BCUT2D eigenvalue weighted by atomic mass is 14.3. The first kappa shape index (κ1) is 16.1. The van der Waals surface area contributed by atoms with Gasteiger partial charge in [0.05, 0.1) is 0 Å². The number of rotatable bonds is 2. The van der Waals surface area contributed by atoms with E-state index in [0.29, 0.717) is 5.92 Å². The minimum absolute atomic E-state index is 0.560. The Labute approximate surface area is 160 Å². The number of hydrogen-bond acceptors (Lipinski definition) is 0. The largest absolute Gasteiger partial charge is 0.0807 e. The van der Waals surface area contributed by atoms with Crippen molar-refractivity contribution in [2.75, 3.05) is 0 Å². The Morgan fingerprint density at radius 2 is 1.15 bits per heavy atom. The molecule has 0 aliphatic heterocycles. The molecule has 0 N–H and O–H groups in total. The van der Waals surface area contributed by atoms with Crippen LogP contribution in [0.3, 0.4) is 0 Å². The van der Waals surface area contributed by atoms with Gasteiger partial charge in [-0.1, -0.05) is 104 Å². The zero-order valence-corrected chi connectivity index (χ0v) is 15.5. The van der Waals surface area contributed by atoms with E-state index in [9.17, 15) is 0 Å². The second-order valence-electron chi connectivity index (χ2n) is 7.46. The van der Waals surface area contributed by atoms with Gasteiger partial charge in [0.25, 0.3) is 0 Å². The summed E-state index contributed by atoms with van der Waals surface area (Å²) in [5, 5.41) is 2.68. The third kappa shape index (κ3) is 2.69. The van der Waals surface area contributed by atoms with Crippen molar-refractivity contribution in [3.05, 3.63) is 102 Å². The fraction of sp³-hybridized carbons (Fsp3) is 0.111. The summed E-state index contributed by atoms with van der Waals surface area (Å²) < 4.78 is 0. The number of allylic oxidation sites excluding steroid dienone is 1. The molecule has 5 rings (SSSR count). The fourth-order valence-corrected chi connectivity index (χ4v) is 4.41. The van der Waals surface area contributed by atoms with Gasteiger partial charge in [-0.2, -0.15) is 0 Å². The van der Waals surface area contributed by atoms with Gasteiger partial charge in [0.15, 0.2) is 0 Å². The smallest absolute Gasteiger partial charge is 0.00297 e. The molecular weight excluding hydrogens is 324 g/mol. The standard InChI is InChI=1S/C27H22/c1-19-16-17-24-25(18-19)27(21-12-6-3-7-13-21)23-15-9-8-14-22(23)26(24)20-10-4-2-5-11-20/h2-17,19H,18H2,1H3. The maximum Gasteiger partial charge on any atom is -0.00297 e. The van der Waals surface area contributed by atoms with Crippen LogP contribution in [-0.4, -0.2) is 0 Å². The molecule has 1 aliphatic rings. The van der Waals surface area contributed by atoms with E-state index in [0.717, 1.165) is 6.42 Å². The van der Waals surface area contributed by atoms with E-state index >= 15 is 0 Å². The maximum atomic E-state index is 2.36. The van der Waals surface area contributed by atoms with E-state index in [2.05, 4.69) is 104 Å². The topological polar surface area (TPSA) is 0 Å². The summed E-state index contributed by atoms with van der Waals surface area (Å²) in [6, 6.07) is 30.6. The lowest BCUT2D eigenvalue weighted by Crippen LogP contribution is -2.08. The maximum absolute atomic E-state index is 2.36. The normalized spacial score (nSPS) is 15.7. The molecule has 0 heteroatoms. The Bertz CT molecular complexity index is 1130. The molecule has 0 aromatic heterocycles. The van der Waals surface area contributed by atoms with E-state index in [-0.39, 0.29) is 0 Å². The first-order valence-corrected chi connectivity index (χ1v) is 9.69. The van der Waals surface area contributed by atoms with Crippen LogP contribution in [0.4, 0.5) is 0 Å². The molecule has 0 radical (unpaired) electrons. The molecule has 0 fully saturated rings. The zero-order chi connectivity index (χ0) is 18.2. The van der Waals surface area contributed by atoms with Gasteiger partial charge in [-0.15, -0.1) is 0 Å². The summed E-state index contributed by atoms with van der Waals surface area (Å²) in [7, 11) is 0. The van der Waals surface area contributed by atoms with Crippen LogP contribution in [0.5, 0.6) is 0 Å². The number of fused-ring (bicyclic) bond motifs is 2. The summed E-state index contributed by atoms with van der Waals surface area (Å²) in [6.07, 6.45) is 5.80. The van der Waals surface area contributed by atoms with Gasteiger partial charge in [0, 0.05) is 0 Å². The van der Waals surface area contributed by atoms with Crippen LogP contribution in [0.2, 0.25) is 0 Å². The van der Waals surface area contributed by atoms with E-state index in [4.69, 9.17) is 0 Å². The van der Waals surface area contributed by atoms with Gasteiger partial charge >= 0.3 is 0 Å². The molecule has 0 bridgehead atoms. The van der Waals surface area contributed by atoms with Gasteiger partial charge < -0.3 is 0 Å². The van der Waals surface area contributed by atoms with Gasteiger partial charge in [-0.3, -0.25) is 0 Å². The van der Waals surface area contributed by atoms with E-state index in [1.165, 1.54) is 44.2 Å². The first-order valence-electron chi connectivity index (χ1n) is 9.69. The first-order chi connectivity index (χ1) is 13.3. The highest BCUT2D eigenvalue weighted by Crippen LogP contribution is 2.44. The molecule has 0 spiro atoms. The summed E-state index contributed by atoms with van der Waals surface area (Å²) in [4.78, 5) is 0. The molecule has 0 saturated heterocycles. The van der Waals surface area contributed by atoms with Gasteiger partial charge in [-0.25, -0.2) is 0 Å². The molecule has 4 aromatic carbocycles. The fourth-order valence-electron chi connectivity index (χ4n) is 4.41. The Balaban J connectivity index is 1.96. The average Bonchev–Trinajstić information content (AvgIpc) is 2.73. The molecule has 130 valence electrons. The molecule has 0 nitrogen and oxygen atoms in total. The van der Waals surface area contributed by atoms with Crippen LogP contribution in [0.15, 0.2) is 91.0 Å². The summed E-state index contributed by atoms with van der Waals surface area (Å²) in [5.74, 6) is 0.560. The quantitative estimate of drug-likeness (QED) is 0.355. The minimum Gasteiger partial charge on any atom is -0.0807 e. The average molecular weight is 346 g/mol. The molecule has 0 heterocycles. The van der Waals surface area contributed by atoms with Crippen molar-refractivity contribution in [3.8, 4) is 22.3 Å². The van der Waals surface area contributed by atoms with Crippen molar-refractivity contribution in [1.29, 1.82) is 0 Å². The molecular formula is C27H22. The molecule has 27 heavy (non-hydrogen) atoms. The second kappa shape index (κ2) is 6.55. The zero-order valence-electron chi connectivity index (χ0n) is 15.5. The molecule has 0 saturated carbocycles. The van der Waals surface area contributed by atoms with E-state index < -0.39 is 0 Å². The molecule has 0 amide bonds. The summed E-state index contributed by atoms with van der Waals surface area (Å²) in [6.45, 7) is 2.31. The third-order valence-electron chi connectivity index (χ3n) is 5.60. The lowest BCUT2D eigenvalue weighted by molar-refractivity contribution is 0.719. The van der Waals surface area contributed by atoms with Crippen LogP contribution in [-0.2, 0) is 6.42 Å². The summed E-state index contributed by atoms with van der Waals surface area (Å²) in [5.41, 5.74) is 8.24. The monoisotopic (exact) mass is 346 g/mol. The lowest BCUT2D eigenvalue weighted by Gasteiger charge is -2.26. The van der Waals surface area contributed by atoms with Crippen molar-refractivity contribution >= 4 is 16.8 Å². The van der Waals surface area contributed by atoms with Crippen LogP contribution in [0.1, 0.15) is 18.1 Å². The minimum atomic E-state index is 0.560. The number of benzene rings is 4. The van der Waals surface area contributed by atoms with Gasteiger partial charge in [-0.05, 0) is 56.5 Å². The highest BCUT2D eigenvalue weighted by Gasteiger charge is 2.22. The van der Waals surface area contributed by atoms with Crippen LogP contribution >= 0.6 is 0 Å². The van der Waals surface area contributed by atoms with Gasteiger partial charge in [0.2, 0.25) is 0 Å². The summed E-state index contributed by atoms with van der Waals surface area (Å²) >= 11 is 0. The van der Waals surface area contributed by atoms with Crippen LogP contribution < -0.4 is 0 Å². The van der Waals surface area contributed by atoms with Crippen molar-refractivity contribution in [2.24, 2.45) is 5.92 Å². The molecule has 4 aromatic rings. The second-order valence-corrected chi connectivity index (χ2v) is 7.46. The van der Waals surface area contributed by atoms with Gasteiger partial charge in [0.1, 0.15) is 0 Å². The third-order valence-corrected chi connectivity index (χ3v) is 5.60. The molecule has 1 unspecified atom stereocenters. The SMILES string of the molecule is CC1C=Cc2c(c(-c3ccccc3)c3ccccc3c2-c2ccccc2)C1. The number of hydrogen-bond donors (Lipinski definition) is 0. The Morgan fingerprint density at radius 3 is 1.78 bits per heavy atom. The van der Waals surface area contributed by atoms with Crippen LogP contribution in [0, 0.1) is 5.92 Å². The van der Waals surface area contributed by atoms with Crippen LogP contribution in [0.25, 0.3) is 39.1 Å². The van der Waals surface area contributed by atoms with Crippen molar-refractivity contribution in [3.63, 3.8) is 0 Å². The van der Waals surface area contributed by atoms with Crippen molar-refractivity contribution in [2.45, 2.75) is 13.3 Å². The Hall–Kier alpha value is -3.12. The molecule has 1 atom stereocenters. The van der Waals surface area contributed by atoms with Crippen molar-refractivity contribution < 1.29 is 0 Å². The Morgan fingerprint density at radius 1 is 0.630 bits per heavy atom. The van der Waals surface area contributed by atoms with E-state index in [1.807, 2.05) is 0 Å².